The van der Waals surface area contributed by atoms with E-state index in [1.807, 2.05) is 6.08 Å². The lowest BCUT2D eigenvalue weighted by molar-refractivity contribution is -0.305. The Morgan fingerprint density at radius 2 is 0.850 bits per heavy atom. The van der Waals surface area contributed by atoms with Gasteiger partial charge in [0.25, 0.3) is 0 Å². The highest BCUT2D eigenvalue weighted by atomic mass is 16.7. The Morgan fingerprint density at radius 1 is 0.487 bits per heavy atom. The highest BCUT2D eigenvalue weighted by Crippen LogP contribution is 2.26. The number of esters is 1. The highest BCUT2D eigenvalue weighted by molar-refractivity contribution is 5.80. The van der Waals surface area contributed by atoms with Gasteiger partial charge in [-0.1, -0.05) is 308 Å². The summed E-state index contributed by atoms with van der Waals surface area (Å²) in [6.07, 6.45) is 59.1. The van der Waals surface area contributed by atoms with Gasteiger partial charge in [0.1, 0.15) is 24.4 Å². The first-order valence-electron chi connectivity index (χ1n) is 34.3. The van der Waals surface area contributed by atoms with Gasteiger partial charge in [-0.25, -0.2) is 0 Å². The van der Waals surface area contributed by atoms with Crippen LogP contribution in [0.1, 0.15) is 329 Å². The van der Waals surface area contributed by atoms with E-state index in [-0.39, 0.29) is 19.4 Å². The second kappa shape index (κ2) is 57.3. The van der Waals surface area contributed by atoms with Crippen molar-refractivity contribution in [2.75, 3.05) is 13.2 Å². The van der Waals surface area contributed by atoms with Crippen molar-refractivity contribution in [3.8, 4) is 0 Å². The minimum absolute atomic E-state index is 0.127. The fourth-order valence-electron chi connectivity index (χ4n) is 10.9. The fraction of sp³-hybridized carbons (Fsp3) is 0.884. The number of nitrogens with one attached hydrogen (secondary N) is 1. The van der Waals surface area contributed by atoms with Crippen LogP contribution in [-0.2, 0) is 23.8 Å². The van der Waals surface area contributed by atoms with E-state index in [4.69, 9.17) is 14.2 Å². The van der Waals surface area contributed by atoms with Crippen molar-refractivity contribution in [2.24, 2.45) is 0 Å². The van der Waals surface area contributed by atoms with E-state index in [0.29, 0.717) is 12.8 Å². The van der Waals surface area contributed by atoms with Gasteiger partial charge in [-0.05, 0) is 51.4 Å². The summed E-state index contributed by atoms with van der Waals surface area (Å²) in [6.45, 7) is 5.79. The number of aliphatic hydroxyl groups is 5. The van der Waals surface area contributed by atoms with Crippen molar-refractivity contribution < 1.29 is 49.3 Å². The Labute approximate surface area is 492 Å². The Balaban J connectivity index is 2.55. The van der Waals surface area contributed by atoms with Gasteiger partial charge in [0.05, 0.1) is 25.4 Å². The van der Waals surface area contributed by atoms with Crippen LogP contribution in [-0.4, -0.2) is 99.6 Å². The van der Waals surface area contributed by atoms with Crippen LogP contribution in [0, 0.1) is 0 Å². The minimum Gasteiger partial charge on any atom is -0.454 e. The van der Waals surface area contributed by atoms with Gasteiger partial charge >= 0.3 is 5.97 Å². The number of ether oxygens (including phenoxy) is 3. The van der Waals surface area contributed by atoms with E-state index >= 15 is 0 Å². The summed E-state index contributed by atoms with van der Waals surface area (Å²) >= 11 is 0. The van der Waals surface area contributed by atoms with Crippen LogP contribution < -0.4 is 5.32 Å². The molecule has 0 radical (unpaired) electrons. The smallest absolute Gasteiger partial charge is 0.306 e. The quantitative estimate of drug-likeness (QED) is 0.0149. The molecule has 0 bridgehead atoms. The Bertz CT molecular complexity index is 1440. The van der Waals surface area contributed by atoms with Gasteiger partial charge in [0.15, 0.2) is 12.4 Å². The summed E-state index contributed by atoms with van der Waals surface area (Å²) in [4.78, 5) is 26.6. The third-order valence-electron chi connectivity index (χ3n) is 16.3. The molecule has 0 spiro atoms. The molecule has 0 aromatic rings. The van der Waals surface area contributed by atoms with Gasteiger partial charge in [-0.3, -0.25) is 9.59 Å². The van der Waals surface area contributed by atoms with Gasteiger partial charge in [0, 0.05) is 6.42 Å². The molecule has 1 amide bonds. The van der Waals surface area contributed by atoms with Gasteiger partial charge < -0.3 is 45.1 Å². The molecule has 0 aromatic heterocycles. The lowest BCUT2D eigenvalue weighted by Crippen LogP contribution is -2.61. The molecule has 1 rings (SSSR count). The first-order chi connectivity index (χ1) is 39.2. The third kappa shape index (κ3) is 44.4. The van der Waals surface area contributed by atoms with Crippen LogP contribution in [0.15, 0.2) is 36.5 Å². The number of amides is 1. The van der Waals surface area contributed by atoms with Crippen LogP contribution in [0.3, 0.4) is 0 Å². The molecule has 0 aromatic carbocycles. The van der Waals surface area contributed by atoms with Crippen LogP contribution in [0.2, 0.25) is 0 Å². The second-order valence-electron chi connectivity index (χ2n) is 23.9. The average Bonchev–Trinajstić information content (AvgIpc) is 3.46. The van der Waals surface area contributed by atoms with Crippen LogP contribution in [0.5, 0.6) is 0 Å². The largest absolute Gasteiger partial charge is 0.454 e. The molecule has 8 atom stereocenters. The van der Waals surface area contributed by atoms with Crippen molar-refractivity contribution >= 4 is 11.9 Å². The van der Waals surface area contributed by atoms with Gasteiger partial charge in [0.2, 0.25) is 5.91 Å². The number of carbonyl (C=O) groups is 2. The lowest BCUT2D eigenvalue weighted by atomic mass is 9.99. The normalized spacial score (nSPS) is 18.9. The van der Waals surface area contributed by atoms with E-state index in [1.165, 1.54) is 205 Å². The first-order valence-corrected chi connectivity index (χ1v) is 34.3. The molecule has 1 saturated heterocycles. The van der Waals surface area contributed by atoms with Gasteiger partial charge in [-0.15, -0.1) is 0 Å². The number of unbranched alkanes of at least 4 members (excludes halogenated alkanes) is 42. The third-order valence-corrected chi connectivity index (χ3v) is 16.3. The van der Waals surface area contributed by atoms with E-state index in [1.54, 1.807) is 6.08 Å². The second-order valence-corrected chi connectivity index (χ2v) is 23.9. The number of rotatable bonds is 59. The van der Waals surface area contributed by atoms with E-state index in [9.17, 15) is 35.1 Å². The summed E-state index contributed by atoms with van der Waals surface area (Å²) < 4.78 is 17.7. The maximum Gasteiger partial charge on any atom is 0.306 e. The predicted octanol–water partition coefficient (Wildman–Crippen LogP) is 17.0. The van der Waals surface area contributed by atoms with Crippen molar-refractivity contribution in [3.05, 3.63) is 36.5 Å². The van der Waals surface area contributed by atoms with Crippen molar-refractivity contribution in [3.63, 3.8) is 0 Å². The number of allylic oxidation sites excluding steroid dienone is 5. The molecule has 11 heteroatoms. The zero-order chi connectivity index (χ0) is 58.2. The molecular formula is C69H129NO10. The SMILES string of the molecule is CCCCC/C=C/C=C/CCCCCCCC(O)C(=O)NC(COC1OC(CO)C(O)C(O)C1OC(=O)CCCCCCCCCCCCCCCCCCCCCCCCCCC)C(O)/C=C/CCCCCCCCCCCC. The van der Waals surface area contributed by atoms with Gasteiger partial charge in [-0.2, -0.15) is 0 Å². The predicted molar refractivity (Wildman–Crippen MR) is 334 cm³/mol. The maximum atomic E-state index is 13.4. The topological polar surface area (TPSA) is 175 Å². The first kappa shape index (κ1) is 75.9. The molecule has 1 heterocycles. The molecule has 1 aliphatic heterocycles. The molecule has 8 unspecified atom stereocenters. The molecule has 11 nitrogen and oxygen atoms in total. The molecule has 1 fully saturated rings. The Morgan fingerprint density at radius 3 is 1.27 bits per heavy atom. The molecular weight excluding hydrogens is 1000 g/mol. The monoisotopic (exact) mass is 1130 g/mol. The maximum absolute atomic E-state index is 13.4. The van der Waals surface area contributed by atoms with Crippen molar-refractivity contribution in [1.82, 2.24) is 5.32 Å². The lowest BCUT2D eigenvalue weighted by Gasteiger charge is -2.41. The Kier molecular flexibility index (Phi) is 54.4. The molecule has 0 saturated carbocycles. The minimum atomic E-state index is -1.61. The Hall–Kier alpha value is -2.12. The summed E-state index contributed by atoms with van der Waals surface area (Å²) in [5.41, 5.74) is 0. The van der Waals surface area contributed by atoms with Crippen LogP contribution in [0.25, 0.3) is 0 Å². The highest BCUT2D eigenvalue weighted by Gasteiger charge is 2.47. The van der Waals surface area contributed by atoms with E-state index in [0.717, 1.165) is 77.0 Å². The summed E-state index contributed by atoms with van der Waals surface area (Å²) in [5.74, 6) is -1.19. The van der Waals surface area contributed by atoms with E-state index in [2.05, 4.69) is 50.4 Å². The molecule has 0 aliphatic carbocycles. The molecule has 1 aliphatic rings. The van der Waals surface area contributed by atoms with Crippen LogP contribution >= 0.6 is 0 Å². The summed E-state index contributed by atoms with van der Waals surface area (Å²) in [7, 11) is 0. The fourth-order valence-corrected chi connectivity index (χ4v) is 10.9. The number of hydrogen-bond acceptors (Lipinski definition) is 10. The standard InChI is InChI=1S/C69H129NO10/c1-4-7-10-13-16-19-22-25-27-28-29-30-31-32-33-34-35-36-37-39-42-45-48-51-54-57-64(74)80-67-66(76)65(75)63(58-71)79-69(67)78-59-60(61(72)55-52-49-46-43-40-24-21-18-15-12-9-6-3)70-68(77)62(73)56-53-50-47-44-41-38-26-23-20-17-14-11-8-5-2/h17,20,23,26,52,55,60-63,65-67,69,71-73,75-76H,4-16,18-19,21-22,24-25,27-51,53-54,56-59H2,1-3H3,(H,70,77)/b20-17+,26-23+,55-52+. The zero-order valence-corrected chi connectivity index (χ0v) is 52.2. The summed E-state index contributed by atoms with van der Waals surface area (Å²) in [6, 6.07) is -1.03. The summed E-state index contributed by atoms with van der Waals surface area (Å²) in [5, 5.41) is 57.1. The molecule has 6 N–H and O–H groups in total. The number of aliphatic hydroxyl groups excluding tert-OH is 5. The van der Waals surface area contributed by atoms with E-state index < -0.39 is 67.4 Å². The number of carbonyl (C=O) groups excluding carboxylic acids is 2. The molecule has 80 heavy (non-hydrogen) atoms. The van der Waals surface area contributed by atoms with Crippen LogP contribution in [0.4, 0.5) is 0 Å². The van der Waals surface area contributed by atoms with Crippen molar-refractivity contribution in [2.45, 2.75) is 378 Å². The number of hydrogen-bond donors (Lipinski definition) is 6. The zero-order valence-electron chi connectivity index (χ0n) is 52.2. The van der Waals surface area contributed by atoms with Crippen molar-refractivity contribution in [1.29, 1.82) is 0 Å². The molecule has 470 valence electrons. The average molecular weight is 1130 g/mol.